The first-order valence-electron chi connectivity index (χ1n) is 6.20. The Labute approximate surface area is 110 Å². The lowest BCUT2D eigenvalue weighted by Crippen LogP contribution is -2.32. The minimum atomic E-state index is 0. The van der Waals surface area contributed by atoms with E-state index in [0.717, 1.165) is 12.3 Å². The van der Waals surface area contributed by atoms with Crippen molar-refractivity contribution in [3.63, 3.8) is 0 Å². The number of rotatable bonds is 3. The molecule has 96 valence electrons. The van der Waals surface area contributed by atoms with E-state index in [4.69, 9.17) is 0 Å². The number of aromatic hydroxyl groups is 1. The number of benzene rings is 1. The molecule has 1 atom stereocenters. The molecule has 1 heterocycles. The number of nitrogens with zero attached hydrogens (tertiary/aromatic N) is 1. The number of aryl methyl sites for hydroxylation is 1. The van der Waals surface area contributed by atoms with Crippen LogP contribution in [0.5, 0.6) is 5.75 Å². The van der Waals surface area contributed by atoms with Crippen LogP contribution in [0.15, 0.2) is 24.3 Å². The second-order valence-electron chi connectivity index (χ2n) is 4.98. The van der Waals surface area contributed by atoms with Crippen molar-refractivity contribution < 1.29 is 5.11 Å². The van der Waals surface area contributed by atoms with Crippen LogP contribution in [0.1, 0.15) is 24.8 Å². The van der Waals surface area contributed by atoms with Gasteiger partial charge in [-0.05, 0) is 62.9 Å². The SMILES string of the molecule is CN1CCCC(CCc2cccc(O)c2)C1.Cl. The van der Waals surface area contributed by atoms with E-state index in [9.17, 15) is 5.11 Å². The molecule has 1 fully saturated rings. The summed E-state index contributed by atoms with van der Waals surface area (Å²) in [6.45, 7) is 2.49. The zero-order valence-corrected chi connectivity index (χ0v) is 11.2. The highest BCUT2D eigenvalue weighted by Crippen LogP contribution is 2.21. The molecule has 1 aromatic carbocycles. The predicted octanol–water partition coefficient (Wildman–Crippen LogP) is 3.09. The summed E-state index contributed by atoms with van der Waals surface area (Å²) in [4.78, 5) is 2.43. The number of piperidine rings is 1. The molecule has 0 spiro atoms. The van der Waals surface area contributed by atoms with Crippen LogP contribution in [-0.2, 0) is 6.42 Å². The molecule has 1 unspecified atom stereocenters. The predicted molar refractivity (Wildman–Crippen MR) is 73.9 cm³/mol. The summed E-state index contributed by atoms with van der Waals surface area (Å²) in [5.41, 5.74) is 1.26. The normalized spacial score (nSPS) is 20.9. The molecule has 1 aliphatic heterocycles. The van der Waals surface area contributed by atoms with Gasteiger partial charge in [-0.2, -0.15) is 0 Å². The summed E-state index contributed by atoms with van der Waals surface area (Å²) in [6.07, 6.45) is 5.03. The maximum absolute atomic E-state index is 9.38. The van der Waals surface area contributed by atoms with E-state index < -0.39 is 0 Å². The summed E-state index contributed by atoms with van der Waals surface area (Å²) < 4.78 is 0. The van der Waals surface area contributed by atoms with Gasteiger partial charge in [-0.3, -0.25) is 0 Å². The van der Waals surface area contributed by atoms with Gasteiger partial charge in [0, 0.05) is 6.54 Å². The Morgan fingerprint density at radius 2 is 2.24 bits per heavy atom. The quantitative estimate of drug-likeness (QED) is 0.897. The van der Waals surface area contributed by atoms with Crippen molar-refractivity contribution in [1.29, 1.82) is 0 Å². The fourth-order valence-electron chi connectivity index (χ4n) is 2.59. The van der Waals surface area contributed by atoms with E-state index in [1.54, 1.807) is 6.07 Å². The number of likely N-dealkylation sites (tertiary alicyclic amines) is 1. The molecule has 3 heteroatoms. The number of phenolic OH excluding ortho intramolecular Hbond substituents is 1. The zero-order valence-electron chi connectivity index (χ0n) is 10.4. The van der Waals surface area contributed by atoms with Crippen LogP contribution < -0.4 is 0 Å². The maximum Gasteiger partial charge on any atom is 0.115 e. The molecule has 17 heavy (non-hydrogen) atoms. The molecule has 1 aromatic rings. The molecular weight excluding hydrogens is 234 g/mol. The first kappa shape index (κ1) is 14.3. The molecule has 0 radical (unpaired) electrons. The fourth-order valence-corrected chi connectivity index (χ4v) is 2.59. The van der Waals surface area contributed by atoms with Gasteiger partial charge in [0.1, 0.15) is 5.75 Å². The van der Waals surface area contributed by atoms with Crippen LogP contribution in [0.25, 0.3) is 0 Å². The van der Waals surface area contributed by atoms with Gasteiger partial charge in [0.2, 0.25) is 0 Å². The minimum absolute atomic E-state index is 0. The van der Waals surface area contributed by atoms with E-state index in [2.05, 4.69) is 18.0 Å². The minimum Gasteiger partial charge on any atom is -0.508 e. The molecule has 0 bridgehead atoms. The molecule has 0 aromatic heterocycles. The lowest BCUT2D eigenvalue weighted by Gasteiger charge is -2.29. The lowest BCUT2D eigenvalue weighted by molar-refractivity contribution is 0.202. The summed E-state index contributed by atoms with van der Waals surface area (Å²) >= 11 is 0. The van der Waals surface area contributed by atoms with Gasteiger partial charge in [-0.1, -0.05) is 12.1 Å². The number of hydrogen-bond acceptors (Lipinski definition) is 2. The Morgan fingerprint density at radius 1 is 1.41 bits per heavy atom. The van der Waals surface area contributed by atoms with E-state index in [0.29, 0.717) is 5.75 Å². The molecule has 1 N–H and O–H groups in total. The van der Waals surface area contributed by atoms with Crippen molar-refractivity contribution in [2.45, 2.75) is 25.7 Å². The second kappa shape index (κ2) is 6.87. The lowest BCUT2D eigenvalue weighted by atomic mass is 9.92. The van der Waals surface area contributed by atoms with Gasteiger partial charge >= 0.3 is 0 Å². The van der Waals surface area contributed by atoms with Crippen LogP contribution in [0.2, 0.25) is 0 Å². The van der Waals surface area contributed by atoms with Crippen molar-refractivity contribution in [3.8, 4) is 5.75 Å². The van der Waals surface area contributed by atoms with Gasteiger partial charge in [0.05, 0.1) is 0 Å². The summed E-state index contributed by atoms with van der Waals surface area (Å²) in [7, 11) is 2.21. The third kappa shape index (κ3) is 4.57. The summed E-state index contributed by atoms with van der Waals surface area (Å²) in [6, 6.07) is 7.65. The smallest absolute Gasteiger partial charge is 0.115 e. The Morgan fingerprint density at radius 3 is 2.94 bits per heavy atom. The van der Waals surface area contributed by atoms with E-state index >= 15 is 0 Å². The number of hydrogen-bond donors (Lipinski definition) is 1. The number of phenols is 1. The standard InChI is InChI=1S/C14H21NO.ClH/c1-15-9-3-5-13(11-15)8-7-12-4-2-6-14(16)10-12;/h2,4,6,10,13,16H,3,5,7-9,11H2,1H3;1H. The molecule has 0 amide bonds. The number of halogens is 1. The summed E-state index contributed by atoms with van der Waals surface area (Å²) in [5.74, 6) is 1.22. The van der Waals surface area contributed by atoms with Gasteiger partial charge in [-0.15, -0.1) is 12.4 Å². The highest BCUT2D eigenvalue weighted by atomic mass is 35.5. The average molecular weight is 256 g/mol. The second-order valence-corrected chi connectivity index (χ2v) is 4.98. The first-order chi connectivity index (χ1) is 7.74. The van der Waals surface area contributed by atoms with Crippen LogP contribution in [0, 0.1) is 5.92 Å². The molecule has 0 saturated carbocycles. The van der Waals surface area contributed by atoms with Gasteiger partial charge in [-0.25, -0.2) is 0 Å². The van der Waals surface area contributed by atoms with E-state index in [1.165, 1.54) is 37.9 Å². The summed E-state index contributed by atoms with van der Waals surface area (Å²) in [5, 5.41) is 9.38. The molecule has 2 nitrogen and oxygen atoms in total. The van der Waals surface area contributed by atoms with Crippen molar-refractivity contribution in [2.75, 3.05) is 20.1 Å². The van der Waals surface area contributed by atoms with Crippen LogP contribution >= 0.6 is 12.4 Å². The monoisotopic (exact) mass is 255 g/mol. The van der Waals surface area contributed by atoms with E-state index in [-0.39, 0.29) is 12.4 Å². The Kier molecular flexibility index (Phi) is 5.79. The van der Waals surface area contributed by atoms with Crippen molar-refractivity contribution >= 4 is 12.4 Å². The molecule has 1 saturated heterocycles. The van der Waals surface area contributed by atoms with Crippen molar-refractivity contribution in [2.24, 2.45) is 5.92 Å². The molecule has 0 aliphatic carbocycles. The Balaban J connectivity index is 0.00000144. The van der Waals surface area contributed by atoms with Crippen LogP contribution in [0.4, 0.5) is 0 Å². The van der Waals surface area contributed by atoms with Gasteiger partial charge in [0.15, 0.2) is 0 Å². The zero-order chi connectivity index (χ0) is 11.4. The third-order valence-electron chi connectivity index (χ3n) is 3.47. The molecule has 1 aliphatic rings. The third-order valence-corrected chi connectivity index (χ3v) is 3.47. The fraction of sp³-hybridized carbons (Fsp3) is 0.571. The highest BCUT2D eigenvalue weighted by molar-refractivity contribution is 5.85. The maximum atomic E-state index is 9.38. The first-order valence-corrected chi connectivity index (χ1v) is 6.20. The molecule has 2 rings (SSSR count). The van der Waals surface area contributed by atoms with Crippen molar-refractivity contribution in [3.05, 3.63) is 29.8 Å². The molecular formula is C14H22ClNO. The highest BCUT2D eigenvalue weighted by Gasteiger charge is 2.16. The topological polar surface area (TPSA) is 23.5 Å². The Hall–Kier alpha value is -0.730. The largest absolute Gasteiger partial charge is 0.508 e. The average Bonchev–Trinajstić information content (AvgIpc) is 2.27. The van der Waals surface area contributed by atoms with E-state index in [1.807, 2.05) is 12.1 Å². The Bertz CT molecular complexity index is 343. The van der Waals surface area contributed by atoms with Crippen molar-refractivity contribution in [1.82, 2.24) is 4.90 Å². The van der Waals surface area contributed by atoms with Gasteiger partial charge < -0.3 is 10.0 Å². The van der Waals surface area contributed by atoms with Gasteiger partial charge in [0.25, 0.3) is 0 Å². The van der Waals surface area contributed by atoms with Crippen LogP contribution in [0.3, 0.4) is 0 Å². The van der Waals surface area contributed by atoms with Crippen LogP contribution in [-0.4, -0.2) is 30.1 Å².